The molecule has 0 aliphatic heterocycles. The van der Waals surface area contributed by atoms with Crippen molar-refractivity contribution in [2.24, 2.45) is 5.92 Å². The first-order chi connectivity index (χ1) is 17.7. The second-order valence-corrected chi connectivity index (χ2v) is 9.95. The van der Waals surface area contributed by atoms with E-state index >= 15 is 0 Å². The Morgan fingerprint density at radius 1 is 0.973 bits per heavy atom. The highest BCUT2D eigenvalue weighted by Crippen LogP contribution is 2.31. The Hall–Kier alpha value is -1.92. The Labute approximate surface area is 232 Å². The number of ether oxygens (including phenoxy) is 1. The second-order valence-electron chi connectivity index (χ2n) is 8.23. The van der Waals surface area contributed by atoms with Crippen LogP contribution in [0.5, 0.6) is 0 Å². The van der Waals surface area contributed by atoms with Crippen molar-refractivity contribution in [1.82, 2.24) is 26.6 Å². The molecule has 1 aliphatic rings. The lowest BCUT2D eigenvalue weighted by Crippen LogP contribution is -2.32. The number of hydrogen-bond donors (Lipinski definition) is 5. The van der Waals surface area contributed by atoms with Gasteiger partial charge in [-0.15, -0.1) is 0 Å². The molecule has 1 aliphatic carbocycles. The van der Waals surface area contributed by atoms with Crippen LogP contribution in [-0.2, 0) is 19.1 Å². The predicted octanol–water partition coefficient (Wildman–Crippen LogP) is 2.40. The van der Waals surface area contributed by atoms with E-state index in [1.54, 1.807) is 25.9 Å². The van der Waals surface area contributed by atoms with Gasteiger partial charge in [0, 0.05) is 60.3 Å². The normalized spacial score (nSPS) is 15.9. The van der Waals surface area contributed by atoms with Crippen molar-refractivity contribution in [3.63, 3.8) is 0 Å². The quantitative estimate of drug-likeness (QED) is 0.123. The molecule has 0 bridgehead atoms. The number of urea groups is 1. The molecule has 12 heteroatoms. The smallest absolute Gasteiger partial charge is 0.314 e. The van der Waals surface area contributed by atoms with E-state index in [1.165, 1.54) is 0 Å². The van der Waals surface area contributed by atoms with Gasteiger partial charge < -0.3 is 31.3 Å². The number of rotatable bonds is 14. The molecule has 1 rings (SSSR count). The summed E-state index contributed by atoms with van der Waals surface area (Å²) >= 11 is 6.37. The average Bonchev–Trinajstić information content (AvgIpc) is 3.18. The number of nitrogens with one attached hydrogen (secondary N) is 5. The summed E-state index contributed by atoms with van der Waals surface area (Å²) in [6.07, 6.45) is 4.77. The summed E-state index contributed by atoms with van der Waals surface area (Å²) in [5.74, 6) is 0.253. The molecule has 1 saturated carbocycles. The minimum Gasteiger partial charge on any atom is -0.385 e. The number of thioether (sulfide) groups is 1. The summed E-state index contributed by atoms with van der Waals surface area (Å²) in [6.45, 7) is 9.05. The highest BCUT2D eigenvalue weighted by molar-refractivity contribution is 8.00. The van der Waals surface area contributed by atoms with E-state index in [0.717, 1.165) is 49.6 Å². The van der Waals surface area contributed by atoms with E-state index < -0.39 is 5.92 Å². The van der Waals surface area contributed by atoms with Crippen LogP contribution < -0.4 is 26.6 Å². The van der Waals surface area contributed by atoms with Crippen molar-refractivity contribution in [2.75, 3.05) is 53.2 Å². The fourth-order valence-corrected chi connectivity index (χ4v) is 4.21. The van der Waals surface area contributed by atoms with Crippen molar-refractivity contribution in [2.45, 2.75) is 71.0 Å². The van der Waals surface area contributed by atoms with Gasteiger partial charge in [-0.25, -0.2) is 4.79 Å². The van der Waals surface area contributed by atoms with Crippen LogP contribution in [0.3, 0.4) is 0 Å². The zero-order chi connectivity index (χ0) is 28.5. The van der Waals surface area contributed by atoms with E-state index in [0.29, 0.717) is 26.0 Å². The molecule has 216 valence electrons. The number of carbonyl (C=O) groups is 4. The maximum absolute atomic E-state index is 12.1. The van der Waals surface area contributed by atoms with Crippen molar-refractivity contribution < 1.29 is 23.9 Å². The molecule has 0 aromatic heterocycles. The lowest BCUT2D eigenvalue weighted by atomic mass is 10.00. The predicted molar refractivity (Wildman–Crippen MR) is 156 cm³/mol. The second kappa shape index (κ2) is 25.7. The van der Waals surface area contributed by atoms with E-state index in [4.69, 9.17) is 17.0 Å². The minimum absolute atomic E-state index is 0.000728. The van der Waals surface area contributed by atoms with Gasteiger partial charge in [0.15, 0.2) is 10.9 Å². The summed E-state index contributed by atoms with van der Waals surface area (Å²) in [5.41, 5.74) is 0. The molecule has 37 heavy (non-hydrogen) atoms. The number of thiocarbonyl (C=S) groups is 1. The van der Waals surface area contributed by atoms with Gasteiger partial charge in [0.05, 0.1) is 11.2 Å². The molecule has 10 nitrogen and oxygen atoms in total. The molecule has 0 aromatic rings. The molecule has 0 aromatic carbocycles. The van der Waals surface area contributed by atoms with Gasteiger partial charge in [0.1, 0.15) is 5.78 Å². The summed E-state index contributed by atoms with van der Waals surface area (Å²) in [7, 11) is 5.03. The van der Waals surface area contributed by atoms with Gasteiger partial charge in [0.25, 0.3) is 0 Å². The lowest BCUT2D eigenvalue weighted by molar-refractivity contribution is -0.127. The fraction of sp³-hybridized carbons (Fsp3) is 0.800. The van der Waals surface area contributed by atoms with E-state index in [2.05, 4.69) is 40.4 Å². The van der Waals surface area contributed by atoms with Crippen LogP contribution in [0.25, 0.3) is 0 Å². The molecule has 0 saturated heterocycles. The van der Waals surface area contributed by atoms with Gasteiger partial charge in [0.2, 0.25) is 5.91 Å². The van der Waals surface area contributed by atoms with Crippen molar-refractivity contribution in [3.05, 3.63) is 0 Å². The molecule has 3 amide bonds. The van der Waals surface area contributed by atoms with E-state index in [1.807, 2.05) is 14.0 Å². The van der Waals surface area contributed by atoms with Gasteiger partial charge in [-0.2, -0.15) is 11.8 Å². The zero-order valence-electron chi connectivity index (χ0n) is 23.5. The van der Waals surface area contributed by atoms with Crippen molar-refractivity contribution >= 4 is 52.6 Å². The maximum atomic E-state index is 12.1. The molecule has 0 radical (unpaired) electrons. The first-order valence-corrected chi connectivity index (χ1v) is 14.5. The summed E-state index contributed by atoms with van der Waals surface area (Å²) in [4.78, 5) is 46.0. The van der Waals surface area contributed by atoms with E-state index in [9.17, 15) is 19.2 Å². The molecule has 5 N–H and O–H groups in total. The molecular formula is C25H49N5O5S2. The zero-order valence-corrected chi connectivity index (χ0v) is 25.1. The number of Topliss-reactive ketones (excluding diaryl/α,β-unsaturated/α-hetero) is 2. The Bertz CT molecular complexity index is 647. The number of amides is 3. The Balaban J connectivity index is 0. The molecule has 2 unspecified atom stereocenters. The number of methoxy groups -OCH3 is 1. The third kappa shape index (κ3) is 20.8. The molecule has 0 spiro atoms. The van der Waals surface area contributed by atoms with Gasteiger partial charge in [-0.1, -0.05) is 20.8 Å². The van der Waals surface area contributed by atoms with Crippen LogP contribution in [0.15, 0.2) is 0 Å². The van der Waals surface area contributed by atoms with Crippen molar-refractivity contribution in [1.29, 1.82) is 0 Å². The van der Waals surface area contributed by atoms with Crippen LogP contribution in [-0.4, -0.2) is 87.1 Å². The SMILES string of the molecule is CCCNC(=O)NC.CCCNC(=S)NC.CCCSC1CC(=O)C(CCC(=O)NCCCOC)C1=O. The summed E-state index contributed by atoms with van der Waals surface area (Å²) < 4.78 is 4.89. The molecule has 2 atom stereocenters. The maximum Gasteiger partial charge on any atom is 0.314 e. The van der Waals surface area contributed by atoms with Gasteiger partial charge in [-0.3, -0.25) is 14.4 Å². The van der Waals surface area contributed by atoms with Crippen LogP contribution >= 0.6 is 24.0 Å². The van der Waals surface area contributed by atoms with Crippen molar-refractivity contribution in [3.8, 4) is 0 Å². The minimum atomic E-state index is -0.566. The molecule has 1 fully saturated rings. The van der Waals surface area contributed by atoms with Crippen LogP contribution in [0, 0.1) is 5.92 Å². The monoisotopic (exact) mass is 563 g/mol. The van der Waals surface area contributed by atoms with E-state index in [-0.39, 0.29) is 35.2 Å². The van der Waals surface area contributed by atoms with Crippen LogP contribution in [0.2, 0.25) is 0 Å². The third-order valence-electron chi connectivity index (χ3n) is 4.99. The Morgan fingerprint density at radius 3 is 2.16 bits per heavy atom. The summed E-state index contributed by atoms with van der Waals surface area (Å²) in [6, 6.07) is -0.105. The Kier molecular flexibility index (Phi) is 25.9. The first-order valence-electron chi connectivity index (χ1n) is 13.1. The Morgan fingerprint density at radius 2 is 1.62 bits per heavy atom. The number of carbonyl (C=O) groups excluding carboxylic acids is 4. The standard InChI is InChI=1S/C15H25NO4S.C5H12N2O.C5H12N2S/c1-3-9-21-13-10-12(17)11(15(13)19)5-6-14(18)16-7-4-8-20-2;2*1-3-4-7-5(8)6-2/h11,13H,3-10H2,1-2H3,(H,16,18);2*3-4H2,1-2H3,(H2,6,7,8). The lowest BCUT2D eigenvalue weighted by Gasteiger charge is -2.09. The fourth-order valence-electron chi connectivity index (χ4n) is 2.98. The van der Waals surface area contributed by atoms with Gasteiger partial charge >= 0.3 is 6.03 Å². The van der Waals surface area contributed by atoms with Crippen LogP contribution in [0.1, 0.15) is 65.7 Å². The van der Waals surface area contributed by atoms with Gasteiger partial charge in [-0.05, 0) is 50.1 Å². The number of ketones is 2. The first kappa shape index (κ1) is 37.2. The molecule has 0 heterocycles. The highest BCUT2D eigenvalue weighted by Gasteiger charge is 2.40. The summed E-state index contributed by atoms with van der Waals surface area (Å²) in [5, 5.41) is 14.2. The third-order valence-corrected chi connectivity index (χ3v) is 6.79. The highest BCUT2D eigenvalue weighted by atomic mass is 32.2. The topological polar surface area (TPSA) is 138 Å². The number of hydrogen-bond acceptors (Lipinski definition) is 7. The largest absolute Gasteiger partial charge is 0.385 e. The average molecular weight is 564 g/mol. The molecular weight excluding hydrogens is 514 g/mol. The van der Waals surface area contributed by atoms with Crippen LogP contribution in [0.4, 0.5) is 4.79 Å².